The number of urea groups is 1. The Labute approximate surface area is 125 Å². The van der Waals surface area contributed by atoms with Gasteiger partial charge in [-0.1, -0.05) is 6.92 Å². The fourth-order valence-corrected chi connectivity index (χ4v) is 2.54. The molecule has 0 aromatic heterocycles. The normalized spacial score (nSPS) is 15.6. The topological polar surface area (TPSA) is 90.0 Å². The van der Waals surface area contributed by atoms with Crippen molar-refractivity contribution < 1.29 is 19.5 Å². The van der Waals surface area contributed by atoms with Gasteiger partial charge in [-0.2, -0.15) is 0 Å². The minimum atomic E-state index is -0.785. The fraction of sp³-hybridized carbons (Fsp3) is 0.786. The van der Waals surface area contributed by atoms with Gasteiger partial charge in [-0.25, -0.2) is 4.79 Å². The molecule has 1 saturated heterocycles. The monoisotopic (exact) mass is 299 g/mol. The number of nitrogens with one attached hydrogen (secondary N) is 1. The summed E-state index contributed by atoms with van der Waals surface area (Å²) >= 11 is 0. The van der Waals surface area contributed by atoms with Crippen molar-refractivity contribution in [3.63, 3.8) is 0 Å². The third-order valence-electron chi connectivity index (χ3n) is 3.73. The summed E-state index contributed by atoms with van der Waals surface area (Å²) in [6.07, 6.45) is 2.37. The number of likely N-dealkylation sites (N-methyl/N-ethyl adjacent to an activating group) is 1. The van der Waals surface area contributed by atoms with Gasteiger partial charge >= 0.3 is 12.0 Å². The number of aliphatic carboxylic acids is 1. The molecule has 0 atom stereocenters. The predicted molar refractivity (Wildman–Crippen MR) is 77.9 cm³/mol. The number of likely N-dealkylation sites (tertiary alicyclic amines) is 1. The number of rotatable bonds is 6. The van der Waals surface area contributed by atoms with Crippen LogP contribution < -0.4 is 5.32 Å². The van der Waals surface area contributed by atoms with Gasteiger partial charge in [0.05, 0.1) is 0 Å². The smallest absolute Gasteiger partial charge is 0.320 e. The Balaban J connectivity index is 2.52. The Bertz CT molecular complexity index is 378. The van der Waals surface area contributed by atoms with Crippen LogP contribution in [0.4, 0.5) is 4.79 Å². The lowest BCUT2D eigenvalue weighted by molar-refractivity contribution is -0.138. The highest BCUT2D eigenvalue weighted by molar-refractivity contribution is 5.84. The number of carboxylic acids is 1. The summed E-state index contributed by atoms with van der Waals surface area (Å²) in [7, 11) is 1.55. The highest BCUT2D eigenvalue weighted by Gasteiger charge is 2.27. The van der Waals surface area contributed by atoms with Gasteiger partial charge in [0.2, 0.25) is 5.91 Å². The van der Waals surface area contributed by atoms with Crippen molar-refractivity contribution in [3.05, 3.63) is 0 Å². The Kier molecular flexibility index (Phi) is 6.98. The molecule has 0 saturated carbocycles. The Hall–Kier alpha value is -1.79. The van der Waals surface area contributed by atoms with Crippen LogP contribution in [0.1, 0.15) is 32.6 Å². The molecule has 2 N–H and O–H groups in total. The summed E-state index contributed by atoms with van der Waals surface area (Å²) in [6.45, 7) is 3.69. The van der Waals surface area contributed by atoms with Crippen LogP contribution in [0, 0.1) is 5.92 Å². The standard InChI is InChI=1S/C14H25N3O4/c1-3-6-17(10-12(18)15-2)14(21)16-7-4-11(5-8-16)9-13(19)20/h11H,3-10H2,1-2H3,(H,15,18)(H,19,20). The summed E-state index contributed by atoms with van der Waals surface area (Å²) in [5, 5.41) is 11.3. The maximum absolute atomic E-state index is 12.4. The van der Waals surface area contributed by atoms with Crippen LogP contribution in [-0.2, 0) is 9.59 Å². The van der Waals surface area contributed by atoms with E-state index in [2.05, 4.69) is 5.32 Å². The highest BCUT2D eigenvalue weighted by Crippen LogP contribution is 2.21. The minimum Gasteiger partial charge on any atom is -0.481 e. The third kappa shape index (κ3) is 5.61. The number of piperidine rings is 1. The second-order valence-corrected chi connectivity index (χ2v) is 5.41. The van der Waals surface area contributed by atoms with Crippen molar-refractivity contribution in [1.82, 2.24) is 15.1 Å². The van der Waals surface area contributed by atoms with Crippen molar-refractivity contribution in [3.8, 4) is 0 Å². The summed E-state index contributed by atoms with van der Waals surface area (Å²) in [6, 6.07) is -0.130. The Morgan fingerprint density at radius 1 is 1.29 bits per heavy atom. The SMILES string of the molecule is CCCN(CC(=O)NC)C(=O)N1CCC(CC(=O)O)CC1. The van der Waals surface area contributed by atoms with Crippen LogP contribution >= 0.6 is 0 Å². The molecule has 1 aliphatic rings. The van der Waals surface area contributed by atoms with Gasteiger partial charge in [-0.05, 0) is 25.2 Å². The van der Waals surface area contributed by atoms with Crippen LogP contribution in [-0.4, -0.2) is 66.0 Å². The van der Waals surface area contributed by atoms with Gasteiger partial charge in [0.1, 0.15) is 6.54 Å². The van der Waals surface area contributed by atoms with Crippen LogP contribution in [0.5, 0.6) is 0 Å². The molecule has 1 heterocycles. The number of hydrogen-bond acceptors (Lipinski definition) is 3. The van der Waals surface area contributed by atoms with E-state index in [0.717, 1.165) is 6.42 Å². The van der Waals surface area contributed by atoms with E-state index in [1.807, 2.05) is 6.92 Å². The number of hydrogen-bond donors (Lipinski definition) is 2. The number of carboxylic acid groups (broad SMARTS) is 1. The zero-order valence-corrected chi connectivity index (χ0v) is 12.8. The fourth-order valence-electron chi connectivity index (χ4n) is 2.54. The van der Waals surface area contributed by atoms with Crippen molar-refractivity contribution in [2.24, 2.45) is 5.92 Å². The van der Waals surface area contributed by atoms with Crippen LogP contribution in [0.3, 0.4) is 0 Å². The van der Waals surface area contributed by atoms with Crippen molar-refractivity contribution in [2.75, 3.05) is 33.2 Å². The summed E-state index contributed by atoms with van der Waals surface area (Å²) in [4.78, 5) is 37.9. The summed E-state index contributed by atoms with van der Waals surface area (Å²) in [5.41, 5.74) is 0. The molecule has 0 aromatic carbocycles. The van der Waals surface area contributed by atoms with E-state index in [4.69, 9.17) is 5.11 Å². The number of carbonyl (C=O) groups excluding carboxylic acids is 2. The summed E-state index contributed by atoms with van der Waals surface area (Å²) < 4.78 is 0. The van der Waals surface area contributed by atoms with Crippen LogP contribution in [0.25, 0.3) is 0 Å². The average molecular weight is 299 g/mol. The molecule has 21 heavy (non-hydrogen) atoms. The maximum Gasteiger partial charge on any atom is 0.320 e. The lowest BCUT2D eigenvalue weighted by Gasteiger charge is -2.35. The van der Waals surface area contributed by atoms with Crippen LogP contribution in [0.2, 0.25) is 0 Å². The largest absolute Gasteiger partial charge is 0.481 e. The first-order chi connectivity index (χ1) is 9.97. The molecule has 0 spiro atoms. The number of nitrogens with zero attached hydrogens (tertiary/aromatic N) is 2. The second-order valence-electron chi connectivity index (χ2n) is 5.41. The molecule has 120 valence electrons. The van der Waals surface area contributed by atoms with E-state index in [9.17, 15) is 14.4 Å². The summed E-state index contributed by atoms with van der Waals surface area (Å²) in [5.74, 6) is -0.824. The average Bonchev–Trinajstić information content (AvgIpc) is 2.46. The molecule has 0 bridgehead atoms. The molecule has 0 unspecified atom stereocenters. The first kappa shape index (κ1) is 17.3. The Morgan fingerprint density at radius 3 is 2.38 bits per heavy atom. The van der Waals surface area contributed by atoms with Gasteiger partial charge in [-0.15, -0.1) is 0 Å². The molecular weight excluding hydrogens is 274 g/mol. The van der Waals surface area contributed by atoms with Crippen LogP contribution in [0.15, 0.2) is 0 Å². The highest BCUT2D eigenvalue weighted by atomic mass is 16.4. The molecule has 0 aromatic rings. The number of amides is 3. The zero-order valence-electron chi connectivity index (χ0n) is 12.8. The molecule has 0 radical (unpaired) electrons. The van der Waals surface area contributed by atoms with Gasteiger partial charge in [0.15, 0.2) is 0 Å². The lowest BCUT2D eigenvalue weighted by Crippen LogP contribution is -2.49. The van der Waals surface area contributed by atoms with E-state index >= 15 is 0 Å². The maximum atomic E-state index is 12.4. The van der Waals surface area contributed by atoms with E-state index < -0.39 is 5.97 Å². The molecule has 7 heteroatoms. The third-order valence-corrected chi connectivity index (χ3v) is 3.73. The molecule has 1 rings (SSSR count). The zero-order chi connectivity index (χ0) is 15.8. The van der Waals surface area contributed by atoms with Crippen molar-refractivity contribution in [2.45, 2.75) is 32.6 Å². The van der Waals surface area contributed by atoms with Gasteiger partial charge < -0.3 is 20.2 Å². The first-order valence-corrected chi connectivity index (χ1v) is 7.44. The first-order valence-electron chi connectivity index (χ1n) is 7.44. The van der Waals surface area contributed by atoms with Crippen molar-refractivity contribution in [1.29, 1.82) is 0 Å². The number of carbonyl (C=O) groups is 3. The Morgan fingerprint density at radius 2 is 1.90 bits per heavy atom. The van der Waals surface area contributed by atoms with E-state index in [-0.39, 0.29) is 30.8 Å². The van der Waals surface area contributed by atoms with E-state index in [1.54, 1.807) is 16.8 Å². The molecule has 7 nitrogen and oxygen atoms in total. The molecule has 0 aliphatic carbocycles. The minimum absolute atomic E-state index is 0.0677. The van der Waals surface area contributed by atoms with Gasteiger partial charge in [0, 0.05) is 33.1 Å². The molecule has 3 amide bonds. The van der Waals surface area contributed by atoms with E-state index in [0.29, 0.717) is 32.5 Å². The van der Waals surface area contributed by atoms with Crippen molar-refractivity contribution >= 4 is 17.9 Å². The lowest BCUT2D eigenvalue weighted by atomic mass is 9.94. The van der Waals surface area contributed by atoms with Gasteiger partial charge in [-0.3, -0.25) is 9.59 Å². The second kappa shape index (κ2) is 8.49. The van der Waals surface area contributed by atoms with Gasteiger partial charge in [0.25, 0.3) is 0 Å². The molecular formula is C14H25N3O4. The molecule has 1 fully saturated rings. The molecule has 1 aliphatic heterocycles. The quantitative estimate of drug-likeness (QED) is 0.757. The van der Waals surface area contributed by atoms with E-state index in [1.165, 1.54) is 0 Å². The predicted octanol–water partition coefficient (Wildman–Crippen LogP) is 0.751.